The van der Waals surface area contributed by atoms with E-state index in [0.29, 0.717) is 16.0 Å². The lowest BCUT2D eigenvalue weighted by molar-refractivity contribution is -0.143. The van der Waals surface area contributed by atoms with Gasteiger partial charge in [-0.3, -0.25) is 9.59 Å². The van der Waals surface area contributed by atoms with Gasteiger partial charge in [0.15, 0.2) is 5.75 Å². The number of benzene rings is 2. The third kappa shape index (κ3) is 5.19. The van der Waals surface area contributed by atoms with Gasteiger partial charge in [0.05, 0.1) is 22.7 Å². The smallest absolute Gasteiger partial charge is 0.335 e. The maximum Gasteiger partial charge on any atom is 0.335 e. The number of amides is 3. The second-order valence-electron chi connectivity index (χ2n) is 6.56. The van der Waals surface area contributed by atoms with Crippen molar-refractivity contribution in [2.75, 3.05) is 13.7 Å². The van der Waals surface area contributed by atoms with Crippen molar-refractivity contribution in [1.82, 2.24) is 10.2 Å². The first-order valence-corrected chi connectivity index (χ1v) is 9.80. The molecule has 0 saturated carbocycles. The van der Waals surface area contributed by atoms with Crippen LogP contribution in [0.25, 0.3) is 6.08 Å². The third-order valence-electron chi connectivity index (χ3n) is 4.39. The van der Waals surface area contributed by atoms with E-state index in [2.05, 4.69) is 10.1 Å². The summed E-state index contributed by atoms with van der Waals surface area (Å²) in [4.78, 5) is 47.3. The Morgan fingerprint density at radius 2 is 1.75 bits per heavy atom. The second-order valence-corrected chi connectivity index (χ2v) is 7.37. The van der Waals surface area contributed by atoms with Gasteiger partial charge in [-0.2, -0.15) is 0 Å². The summed E-state index contributed by atoms with van der Waals surface area (Å²) in [6, 6.07) is 8.36. The second kappa shape index (κ2) is 9.71. The number of esters is 1. The first kappa shape index (κ1) is 23.1. The highest BCUT2D eigenvalue weighted by Gasteiger charge is 2.35. The fraction of sp³-hybridized carbons (Fsp3) is 0.143. The molecule has 0 radical (unpaired) electrons. The number of halogens is 2. The van der Waals surface area contributed by atoms with E-state index < -0.39 is 30.4 Å². The Kier molecular flexibility index (Phi) is 7.01. The van der Waals surface area contributed by atoms with Gasteiger partial charge >= 0.3 is 18.0 Å². The Bertz CT molecular complexity index is 1110. The number of urea groups is 1. The van der Waals surface area contributed by atoms with Crippen molar-refractivity contribution in [3.63, 3.8) is 0 Å². The fourth-order valence-electron chi connectivity index (χ4n) is 2.78. The van der Waals surface area contributed by atoms with Crippen LogP contribution >= 0.6 is 23.2 Å². The fourth-order valence-corrected chi connectivity index (χ4v) is 3.39. The number of carboxylic acids is 1. The summed E-state index contributed by atoms with van der Waals surface area (Å²) in [6.45, 7) is -0.420. The highest BCUT2D eigenvalue weighted by Crippen LogP contribution is 2.35. The van der Waals surface area contributed by atoms with Gasteiger partial charge in [-0.1, -0.05) is 35.3 Å². The van der Waals surface area contributed by atoms with Gasteiger partial charge in [-0.15, -0.1) is 0 Å². The molecule has 0 aliphatic carbocycles. The summed E-state index contributed by atoms with van der Waals surface area (Å²) >= 11 is 12.5. The van der Waals surface area contributed by atoms with Gasteiger partial charge in [0.2, 0.25) is 0 Å². The number of rotatable bonds is 7. The minimum Gasteiger partial charge on any atom is -0.486 e. The van der Waals surface area contributed by atoms with Crippen molar-refractivity contribution in [3.05, 3.63) is 68.8 Å². The van der Waals surface area contributed by atoms with Gasteiger partial charge in [-0.25, -0.2) is 14.5 Å². The number of aromatic carboxylic acids is 1. The van der Waals surface area contributed by atoms with E-state index in [-0.39, 0.29) is 33.7 Å². The molecule has 2 aromatic rings. The van der Waals surface area contributed by atoms with Crippen LogP contribution in [0.3, 0.4) is 0 Å². The molecule has 1 aliphatic heterocycles. The van der Waals surface area contributed by atoms with Gasteiger partial charge in [0, 0.05) is 0 Å². The SMILES string of the molecule is COC(=O)CN1C(=O)N/C(=C/c2cc(Cl)c(OCc3ccc(C(=O)O)cc3)c(Cl)c2)C1=O. The molecule has 3 amide bonds. The molecule has 11 heteroatoms. The molecule has 1 saturated heterocycles. The summed E-state index contributed by atoms with van der Waals surface area (Å²) < 4.78 is 10.1. The van der Waals surface area contributed by atoms with Crippen LogP contribution in [0.15, 0.2) is 42.1 Å². The summed E-state index contributed by atoms with van der Waals surface area (Å²) in [5, 5.41) is 11.6. The molecule has 1 fully saturated rings. The van der Waals surface area contributed by atoms with E-state index in [1.165, 1.54) is 30.3 Å². The number of carbonyl (C=O) groups is 4. The number of imide groups is 1. The molecule has 2 N–H and O–H groups in total. The van der Waals surface area contributed by atoms with Crippen LogP contribution in [0, 0.1) is 0 Å². The molecule has 0 aromatic heterocycles. The van der Waals surface area contributed by atoms with Crippen LogP contribution in [0.1, 0.15) is 21.5 Å². The zero-order chi connectivity index (χ0) is 23.4. The maximum atomic E-state index is 12.4. The van der Waals surface area contributed by atoms with Crippen molar-refractivity contribution < 1.29 is 33.8 Å². The number of nitrogens with zero attached hydrogens (tertiary/aromatic N) is 1. The summed E-state index contributed by atoms with van der Waals surface area (Å²) in [5.41, 5.74) is 1.22. The highest BCUT2D eigenvalue weighted by molar-refractivity contribution is 6.37. The van der Waals surface area contributed by atoms with E-state index >= 15 is 0 Å². The summed E-state index contributed by atoms with van der Waals surface area (Å²) in [7, 11) is 1.15. The Balaban J connectivity index is 1.74. The number of hydrogen-bond donors (Lipinski definition) is 2. The Labute approximate surface area is 192 Å². The molecule has 0 atom stereocenters. The summed E-state index contributed by atoms with van der Waals surface area (Å²) in [6.07, 6.45) is 1.36. The predicted molar refractivity (Wildman–Crippen MR) is 114 cm³/mol. The van der Waals surface area contributed by atoms with E-state index in [4.69, 9.17) is 33.0 Å². The molecular weight excluding hydrogens is 463 g/mol. The minimum absolute atomic E-state index is 0.0572. The molecule has 1 heterocycles. The van der Waals surface area contributed by atoms with Crippen molar-refractivity contribution in [2.45, 2.75) is 6.61 Å². The predicted octanol–water partition coefficient (Wildman–Crippen LogP) is 3.34. The molecule has 166 valence electrons. The van der Waals surface area contributed by atoms with Gasteiger partial charge in [0.1, 0.15) is 18.8 Å². The van der Waals surface area contributed by atoms with Crippen LogP contribution in [-0.2, 0) is 20.9 Å². The molecule has 3 rings (SSSR count). The average Bonchev–Trinajstić information content (AvgIpc) is 3.00. The molecule has 2 aromatic carbocycles. The van der Waals surface area contributed by atoms with E-state index in [9.17, 15) is 19.2 Å². The van der Waals surface area contributed by atoms with Crippen molar-refractivity contribution in [3.8, 4) is 5.75 Å². The first-order chi connectivity index (χ1) is 15.2. The topological polar surface area (TPSA) is 122 Å². The lowest BCUT2D eigenvalue weighted by Gasteiger charge is -2.11. The quantitative estimate of drug-likeness (QED) is 0.355. The lowest BCUT2D eigenvalue weighted by Crippen LogP contribution is -2.36. The normalized spacial score (nSPS) is 14.5. The van der Waals surface area contributed by atoms with Crippen LogP contribution in [0.4, 0.5) is 4.79 Å². The third-order valence-corrected chi connectivity index (χ3v) is 4.95. The van der Waals surface area contributed by atoms with Gasteiger partial charge in [-0.05, 0) is 41.5 Å². The zero-order valence-corrected chi connectivity index (χ0v) is 18.1. The van der Waals surface area contributed by atoms with Crippen LogP contribution in [-0.4, -0.2) is 47.5 Å². The number of nitrogens with one attached hydrogen (secondary N) is 1. The number of hydrogen-bond acceptors (Lipinski definition) is 6. The van der Waals surface area contributed by atoms with Crippen molar-refractivity contribution >= 4 is 53.2 Å². The molecular formula is C21H16Cl2N2O7. The molecule has 1 aliphatic rings. The van der Waals surface area contributed by atoms with Crippen LogP contribution in [0.2, 0.25) is 10.0 Å². The van der Waals surface area contributed by atoms with Gasteiger partial charge in [0.25, 0.3) is 5.91 Å². The molecule has 9 nitrogen and oxygen atoms in total. The molecule has 32 heavy (non-hydrogen) atoms. The van der Waals surface area contributed by atoms with Crippen molar-refractivity contribution in [1.29, 1.82) is 0 Å². The van der Waals surface area contributed by atoms with Gasteiger partial charge < -0.3 is 19.9 Å². The van der Waals surface area contributed by atoms with E-state index in [1.807, 2.05) is 0 Å². The maximum absolute atomic E-state index is 12.4. The number of ether oxygens (including phenoxy) is 2. The number of carbonyl (C=O) groups excluding carboxylic acids is 3. The minimum atomic E-state index is -1.03. The first-order valence-electron chi connectivity index (χ1n) is 9.05. The van der Waals surface area contributed by atoms with Crippen molar-refractivity contribution in [2.24, 2.45) is 0 Å². The zero-order valence-electron chi connectivity index (χ0n) is 16.6. The average molecular weight is 479 g/mol. The number of methoxy groups -OCH3 is 1. The molecule has 0 spiro atoms. The van der Waals surface area contributed by atoms with Crippen LogP contribution in [0.5, 0.6) is 5.75 Å². The Morgan fingerprint density at radius 1 is 1.12 bits per heavy atom. The largest absolute Gasteiger partial charge is 0.486 e. The summed E-state index contributed by atoms with van der Waals surface area (Å²) in [5.74, 6) is -2.26. The Hall–Kier alpha value is -3.56. The van der Waals surface area contributed by atoms with E-state index in [1.54, 1.807) is 12.1 Å². The highest BCUT2D eigenvalue weighted by atomic mass is 35.5. The monoisotopic (exact) mass is 478 g/mol. The lowest BCUT2D eigenvalue weighted by atomic mass is 10.1. The molecule has 0 bridgehead atoms. The molecule has 0 unspecified atom stereocenters. The Morgan fingerprint density at radius 3 is 2.31 bits per heavy atom. The van der Waals surface area contributed by atoms with E-state index in [0.717, 1.165) is 7.11 Å². The number of carboxylic acid groups (broad SMARTS) is 1. The van der Waals surface area contributed by atoms with Crippen LogP contribution < -0.4 is 10.1 Å². The standard InChI is InChI=1S/C21H16Cl2N2O7/c1-31-17(26)9-25-19(27)16(24-21(25)30)8-12-6-14(22)18(15(23)7-12)32-10-11-2-4-13(5-3-11)20(28)29/h2-8H,9-10H2,1H3,(H,24,30)(H,28,29)/b16-8+.